The van der Waals surface area contributed by atoms with E-state index >= 15 is 0 Å². The monoisotopic (exact) mass is 937 g/mol. The summed E-state index contributed by atoms with van der Waals surface area (Å²) in [5.41, 5.74) is 23.1. The highest BCUT2D eigenvalue weighted by Crippen LogP contribution is 2.78. The van der Waals surface area contributed by atoms with Crippen LogP contribution in [0, 0.1) is 16.7 Å². The number of hydrogen-bond donors (Lipinski definition) is 0. The highest BCUT2D eigenvalue weighted by molar-refractivity contribution is 7.33. The van der Waals surface area contributed by atoms with Crippen LogP contribution in [0.1, 0.15) is 174 Å². The zero-order chi connectivity index (χ0) is 48.7. The first-order valence-corrected chi connectivity index (χ1v) is 27.9. The van der Waals surface area contributed by atoms with Gasteiger partial charge in [0.2, 0.25) is 0 Å². The summed E-state index contributed by atoms with van der Waals surface area (Å²) >= 11 is 2.05. The van der Waals surface area contributed by atoms with E-state index in [2.05, 4.69) is 219 Å². The Balaban J connectivity index is 1.17. The van der Waals surface area contributed by atoms with Crippen LogP contribution in [0.5, 0.6) is 0 Å². The lowest BCUT2D eigenvalue weighted by atomic mass is 9.36. The highest BCUT2D eigenvalue weighted by Gasteiger charge is 2.71. The van der Waals surface area contributed by atoms with Gasteiger partial charge in [0.25, 0.3) is 6.71 Å². The fraction of sp³-hybridized carbons (Fsp3) is 0.424. The Kier molecular flexibility index (Phi) is 9.47. The van der Waals surface area contributed by atoms with E-state index in [0.717, 1.165) is 0 Å². The van der Waals surface area contributed by atoms with E-state index in [1.165, 1.54) is 145 Å². The highest BCUT2D eigenvalue weighted by atomic mass is 32.1. The molecule has 0 saturated heterocycles. The molecule has 70 heavy (non-hydrogen) atoms. The standard InChI is InChI=1S/C66H73BN2S/c1-61(2,3)42-25-29-46(30-26-42)68-52-31-27-44(63(7,8)9)38-51(52)67-58-54(68)35-41(40-19-14-13-15-20-40)36-55(58)69(59-48-37-43(62(4,5)6)28-32-56(48)70-60(59)67)53-24-18-23-50-57(53)47-21-16-17-22-49(47)66(50)39-45-33-34-65(66,12)64(45,10)11/h16-18,21-32,35-38,40,45H,13-15,19-20,33-34,39H2,1-12H3. The lowest BCUT2D eigenvalue weighted by Gasteiger charge is -2.48. The van der Waals surface area contributed by atoms with Gasteiger partial charge in [-0.3, -0.25) is 0 Å². The van der Waals surface area contributed by atoms with Crippen LogP contribution >= 0.6 is 11.3 Å². The molecular weight excluding hydrogens is 864 g/mol. The molecule has 6 aliphatic rings. The molecule has 0 N–H and O–H groups in total. The van der Waals surface area contributed by atoms with Crippen LogP contribution in [0.15, 0.2) is 115 Å². The SMILES string of the molecule is CC(C)(C)c1ccc(N2c3ccc(C(C)(C)C)cc3B3c4sc5ccc(C(C)(C)C)cc5c4N(c4cccc5c4-c4ccccc4C54CC5CCC4(C)C5(C)C)c4cc(C5CCCCC5)cc2c43)cc1. The van der Waals surface area contributed by atoms with E-state index in [-0.39, 0.29) is 39.2 Å². The van der Waals surface area contributed by atoms with Crippen molar-refractivity contribution < 1.29 is 0 Å². The number of thiophene rings is 1. The summed E-state index contributed by atoms with van der Waals surface area (Å²) in [7, 11) is 0. The van der Waals surface area contributed by atoms with E-state index < -0.39 is 0 Å². The second-order valence-electron chi connectivity index (χ2n) is 26.7. The van der Waals surface area contributed by atoms with Crippen LogP contribution in [0.2, 0.25) is 0 Å². The van der Waals surface area contributed by atoms with Gasteiger partial charge in [-0.15, -0.1) is 11.3 Å². The fourth-order valence-corrected chi connectivity index (χ4v) is 16.8. The molecule has 3 unspecified atom stereocenters. The number of anilines is 6. The maximum absolute atomic E-state index is 2.86. The first-order chi connectivity index (χ1) is 33.2. The maximum Gasteiger partial charge on any atom is 0.264 e. The van der Waals surface area contributed by atoms with E-state index in [1.54, 1.807) is 11.1 Å². The summed E-state index contributed by atoms with van der Waals surface area (Å²) in [6.45, 7) is 29.3. The van der Waals surface area contributed by atoms with E-state index in [1.807, 2.05) is 0 Å². The third kappa shape index (κ3) is 5.98. The predicted molar refractivity (Wildman–Crippen MR) is 303 cm³/mol. The average molecular weight is 937 g/mol. The number of fused-ring (bicyclic) bond motifs is 14. The van der Waals surface area contributed by atoms with Crippen LogP contribution in [0.25, 0.3) is 21.2 Å². The molecule has 13 rings (SSSR count). The molecule has 0 radical (unpaired) electrons. The second-order valence-corrected chi connectivity index (χ2v) is 27.7. The summed E-state index contributed by atoms with van der Waals surface area (Å²) in [5.74, 6) is 1.24. The van der Waals surface area contributed by atoms with Crippen molar-refractivity contribution in [2.45, 2.75) is 162 Å². The zero-order valence-electron chi connectivity index (χ0n) is 44.2. The minimum Gasteiger partial charge on any atom is -0.311 e. The van der Waals surface area contributed by atoms with Crippen LogP contribution in [-0.4, -0.2) is 6.71 Å². The number of nitrogens with zero attached hydrogens (tertiary/aromatic N) is 2. The number of rotatable bonds is 3. The quantitative estimate of drug-likeness (QED) is 0.163. The van der Waals surface area contributed by atoms with Crippen molar-refractivity contribution in [2.24, 2.45) is 16.7 Å². The molecule has 6 aromatic carbocycles. The Morgan fingerprint density at radius 2 is 1.23 bits per heavy atom. The van der Waals surface area contributed by atoms with Crippen molar-refractivity contribution >= 4 is 78.0 Å². The first-order valence-electron chi connectivity index (χ1n) is 27.1. The molecule has 4 heteroatoms. The Bertz CT molecular complexity index is 3310. The van der Waals surface area contributed by atoms with Crippen LogP contribution in [-0.2, 0) is 21.7 Å². The van der Waals surface area contributed by atoms with Crippen LogP contribution in [0.4, 0.5) is 34.1 Å². The topological polar surface area (TPSA) is 6.48 Å². The molecule has 3 fully saturated rings. The Hall–Kier alpha value is -5.06. The van der Waals surface area contributed by atoms with Crippen molar-refractivity contribution in [2.75, 3.05) is 9.80 Å². The third-order valence-electron chi connectivity index (χ3n) is 19.8. The Labute approximate surface area is 424 Å². The lowest BCUT2D eigenvalue weighted by Crippen LogP contribution is -2.60. The van der Waals surface area contributed by atoms with E-state index in [9.17, 15) is 0 Å². The minimum atomic E-state index is -0.0275. The summed E-state index contributed by atoms with van der Waals surface area (Å²) in [6, 6.07) is 47.2. The molecule has 7 aromatic rings. The molecule has 1 spiro atoms. The van der Waals surface area contributed by atoms with Gasteiger partial charge in [-0.2, -0.15) is 0 Å². The van der Waals surface area contributed by atoms with Crippen molar-refractivity contribution in [3.63, 3.8) is 0 Å². The lowest BCUT2D eigenvalue weighted by molar-refractivity contribution is 0.0990. The van der Waals surface area contributed by atoms with Crippen LogP contribution in [0.3, 0.4) is 0 Å². The van der Waals surface area contributed by atoms with Gasteiger partial charge in [0.1, 0.15) is 0 Å². The summed E-state index contributed by atoms with van der Waals surface area (Å²) < 4.78 is 2.85. The Morgan fingerprint density at radius 1 is 0.586 bits per heavy atom. The Morgan fingerprint density at radius 3 is 1.90 bits per heavy atom. The summed E-state index contributed by atoms with van der Waals surface area (Å²) in [6.07, 6.45) is 10.3. The van der Waals surface area contributed by atoms with Gasteiger partial charge in [0.05, 0.1) is 11.4 Å². The second kappa shape index (κ2) is 14.8. The minimum absolute atomic E-state index is 0.00712. The van der Waals surface area contributed by atoms with Crippen LogP contribution < -0.4 is 25.5 Å². The molecule has 0 amide bonds. The van der Waals surface area contributed by atoms with E-state index in [4.69, 9.17) is 0 Å². The zero-order valence-corrected chi connectivity index (χ0v) is 45.0. The number of benzene rings is 6. The molecule has 3 atom stereocenters. The molecule has 356 valence electrons. The fourth-order valence-electron chi connectivity index (χ4n) is 15.5. The molecular formula is C66H73BN2S. The maximum atomic E-state index is 2.86. The molecule has 2 nitrogen and oxygen atoms in total. The molecule has 2 bridgehead atoms. The van der Waals surface area contributed by atoms with Gasteiger partial charge >= 0.3 is 0 Å². The number of hydrogen-bond acceptors (Lipinski definition) is 3. The smallest absolute Gasteiger partial charge is 0.264 e. The molecule has 3 saturated carbocycles. The average Bonchev–Trinajstić information content (AvgIpc) is 3.97. The van der Waals surface area contributed by atoms with Crippen molar-refractivity contribution in [3.05, 3.63) is 149 Å². The van der Waals surface area contributed by atoms with Crippen molar-refractivity contribution in [1.29, 1.82) is 0 Å². The predicted octanol–water partition coefficient (Wildman–Crippen LogP) is 17.0. The first kappa shape index (κ1) is 44.9. The van der Waals surface area contributed by atoms with Gasteiger partial charge in [-0.05, 0) is 169 Å². The third-order valence-corrected chi connectivity index (χ3v) is 21.0. The molecule has 1 aromatic heterocycles. The molecule has 2 aliphatic heterocycles. The molecule has 3 heterocycles. The van der Waals surface area contributed by atoms with Crippen molar-refractivity contribution in [3.8, 4) is 11.1 Å². The largest absolute Gasteiger partial charge is 0.311 e. The van der Waals surface area contributed by atoms with Gasteiger partial charge < -0.3 is 9.80 Å². The summed E-state index contributed by atoms with van der Waals surface area (Å²) in [4.78, 5) is 5.54. The van der Waals surface area contributed by atoms with Gasteiger partial charge in [0.15, 0.2) is 0 Å². The van der Waals surface area contributed by atoms with Gasteiger partial charge in [-0.1, -0.05) is 169 Å². The van der Waals surface area contributed by atoms with E-state index in [0.29, 0.717) is 11.8 Å². The normalized spacial score (nSPS) is 23.2. The van der Waals surface area contributed by atoms with Gasteiger partial charge in [-0.25, -0.2) is 0 Å². The van der Waals surface area contributed by atoms with Gasteiger partial charge in [0, 0.05) is 48.6 Å². The summed E-state index contributed by atoms with van der Waals surface area (Å²) in [5, 5.41) is 1.39. The van der Waals surface area contributed by atoms with Crippen molar-refractivity contribution in [1.82, 2.24) is 0 Å². The molecule has 4 aliphatic carbocycles.